The first-order chi connectivity index (χ1) is 15.1. The van der Waals surface area contributed by atoms with Gasteiger partial charge in [-0.3, -0.25) is 0 Å². The van der Waals surface area contributed by atoms with Crippen LogP contribution in [0.5, 0.6) is 0 Å². The Morgan fingerprint density at radius 2 is 0.871 bits per heavy atom. The summed E-state index contributed by atoms with van der Waals surface area (Å²) >= 11 is 0. The van der Waals surface area contributed by atoms with Crippen molar-refractivity contribution in [2.45, 2.75) is 142 Å². The van der Waals surface area contributed by atoms with E-state index in [0.29, 0.717) is 6.61 Å². The fourth-order valence-corrected chi connectivity index (χ4v) is 9.01. The van der Waals surface area contributed by atoms with Gasteiger partial charge in [0, 0.05) is 0 Å². The molecule has 0 aliphatic rings. The first kappa shape index (κ1) is 31.3. The third-order valence-corrected chi connectivity index (χ3v) is 11.3. The summed E-state index contributed by atoms with van der Waals surface area (Å²) in [7, 11) is -1.85. The van der Waals surface area contributed by atoms with Gasteiger partial charge in [0.15, 0.2) is 0 Å². The average Bonchev–Trinajstić information content (AvgIpc) is 2.79. The molecule has 0 saturated carbocycles. The number of rotatable bonds is 25. The summed E-state index contributed by atoms with van der Waals surface area (Å²) in [5.74, 6) is 0. The molecule has 1 unspecified atom stereocenters. The number of aliphatic hydroxyl groups excluding tert-OH is 2. The van der Waals surface area contributed by atoms with Crippen molar-refractivity contribution in [3.8, 4) is 0 Å². The van der Waals surface area contributed by atoms with Crippen molar-refractivity contribution in [3.63, 3.8) is 0 Å². The van der Waals surface area contributed by atoms with Gasteiger partial charge >= 0.3 is 196 Å². The van der Waals surface area contributed by atoms with Crippen LogP contribution in [-0.4, -0.2) is 48.0 Å². The van der Waals surface area contributed by atoms with Crippen molar-refractivity contribution in [3.05, 3.63) is 0 Å². The summed E-state index contributed by atoms with van der Waals surface area (Å²) in [6.07, 6.45) is 27.0. The molecular weight excluding hydrogens is 403 g/mol. The van der Waals surface area contributed by atoms with Crippen LogP contribution in [0.4, 0.5) is 0 Å². The fourth-order valence-electron chi connectivity index (χ4n) is 4.60. The van der Waals surface area contributed by atoms with Crippen molar-refractivity contribution in [1.29, 1.82) is 0 Å². The molecule has 0 bridgehead atoms. The van der Waals surface area contributed by atoms with Crippen molar-refractivity contribution < 1.29 is 14.7 Å². The zero-order valence-corrected chi connectivity index (χ0v) is 22.6. The van der Waals surface area contributed by atoms with Crippen LogP contribution in [0.25, 0.3) is 0 Å². The molecule has 0 amide bonds. The van der Waals surface area contributed by atoms with E-state index in [0.717, 1.165) is 0 Å². The van der Waals surface area contributed by atoms with E-state index in [9.17, 15) is 10.2 Å². The van der Waals surface area contributed by atoms with Crippen LogP contribution >= 0.6 is 7.49 Å². The monoisotopic (exact) mass is 462 g/mol. The van der Waals surface area contributed by atoms with Gasteiger partial charge in [0.1, 0.15) is 0 Å². The summed E-state index contributed by atoms with van der Waals surface area (Å²) < 4.78 is 6.59. The van der Waals surface area contributed by atoms with E-state index in [1.165, 1.54) is 134 Å². The Morgan fingerprint density at radius 3 is 1.19 bits per heavy atom. The second-order valence-corrected chi connectivity index (χ2v) is 14.0. The number of aliphatic hydroxyl groups is 2. The predicted molar refractivity (Wildman–Crippen MR) is 142 cm³/mol. The summed E-state index contributed by atoms with van der Waals surface area (Å²) in [4.78, 5) is 0. The summed E-state index contributed by atoms with van der Waals surface area (Å²) in [6.45, 7) is 6.98. The third-order valence-electron chi connectivity index (χ3n) is 6.75. The van der Waals surface area contributed by atoms with Gasteiger partial charge in [-0.25, -0.2) is 0 Å². The van der Waals surface area contributed by atoms with E-state index in [-0.39, 0.29) is 6.61 Å². The van der Waals surface area contributed by atoms with Crippen LogP contribution in [0.2, 0.25) is 0 Å². The normalized spacial score (nSPS) is 13.6. The van der Waals surface area contributed by atoms with Gasteiger partial charge in [-0.05, 0) is 0 Å². The van der Waals surface area contributed by atoms with Crippen LogP contribution in [0.1, 0.15) is 136 Å². The van der Waals surface area contributed by atoms with Gasteiger partial charge < -0.3 is 0 Å². The molecule has 3 nitrogen and oxygen atoms in total. The zero-order chi connectivity index (χ0) is 23.0. The first-order valence-electron chi connectivity index (χ1n) is 14.1. The molecule has 0 saturated heterocycles. The second-order valence-electron chi connectivity index (χ2n) is 9.88. The molecular formula is C27H59O3P. The van der Waals surface area contributed by atoms with Crippen molar-refractivity contribution in [2.24, 2.45) is 0 Å². The van der Waals surface area contributed by atoms with Crippen LogP contribution < -0.4 is 0 Å². The van der Waals surface area contributed by atoms with Crippen LogP contribution in [-0.2, 0) is 4.52 Å². The Labute approximate surface area is 196 Å². The fraction of sp³-hybridized carbons (Fsp3) is 1.00. The van der Waals surface area contributed by atoms with Crippen molar-refractivity contribution >= 4 is 7.49 Å². The quantitative estimate of drug-likeness (QED) is 0.106. The van der Waals surface area contributed by atoms with Crippen molar-refractivity contribution in [1.82, 2.24) is 0 Å². The first-order valence-corrected chi connectivity index (χ1v) is 16.6. The van der Waals surface area contributed by atoms with Gasteiger partial charge in [-0.2, -0.15) is 0 Å². The molecule has 0 spiro atoms. The molecule has 0 aliphatic carbocycles. The number of unbranched alkanes of at least 4 members (excludes halogenated alkanes) is 15. The standard InChI is InChI=1S/C27H59O3P/c1-4-7-10-13-16-19-22-31(30-26-27(29)25-28,23-20-17-14-11-8-5-2)24-21-18-15-12-9-6-3/h27-29,31H,4-26H2,1-3H3. The van der Waals surface area contributed by atoms with E-state index >= 15 is 0 Å². The Bertz CT molecular complexity index is 311. The molecule has 0 fully saturated rings. The van der Waals surface area contributed by atoms with Crippen LogP contribution in [0.3, 0.4) is 0 Å². The SMILES string of the molecule is CCCCCCCC[PH](CCCCCCCC)(CCCCCCCC)OCC(O)CO. The molecule has 0 aromatic rings. The predicted octanol–water partition coefficient (Wildman–Crippen LogP) is 8.10. The van der Waals surface area contributed by atoms with E-state index in [1.54, 1.807) is 0 Å². The van der Waals surface area contributed by atoms with Gasteiger partial charge in [0.05, 0.1) is 0 Å². The summed E-state index contributed by atoms with van der Waals surface area (Å²) in [5, 5.41) is 19.3. The topological polar surface area (TPSA) is 49.7 Å². The van der Waals surface area contributed by atoms with E-state index in [4.69, 9.17) is 4.52 Å². The maximum atomic E-state index is 9.97. The molecule has 31 heavy (non-hydrogen) atoms. The second kappa shape index (κ2) is 23.5. The number of hydrogen-bond acceptors (Lipinski definition) is 3. The Hall–Kier alpha value is 0.310. The summed E-state index contributed by atoms with van der Waals surface area (Å²) in [6, 6.07) is 0. The van der Waals surface area contributed by atoms with E-state index in [1.807, 2.05) is 0 Å². The molecule has 0 radical (unpaired) electrons. The molecule has 0 rings (SSSR count). The molecule has 0 heterocycles. The van der Waals surface area contributed by atoms with Crippen LogP contribution in [0, 0.1) is 0 Å². The average molecular weight is 463 g/mol. The van der Waals surface area contributed by atoms with E-state index < -0.39 is 13.6 Å². The van der Waals surface area contributed by atoms with Crippen molar-refractivity contribution in [2.75, 3.05) is 31.7 Å². The van der Waals surface area contributed by atoms with E-state index in [2.05, 4.69) is 20.8 Å². The molecule has 0 aliphatic heterocycles. The Balaban J connectivity index is 4.76. The zero-order valence-electron chi connectivity index (χ0n) is 21.6. The molecule has 2 N–H and O–H groups in total. The molecule has 190 valence electrons. The van der Waals surface area contributed by atoms with Gasteiger partial charge in [-0.15, -0.1) is 0 Å². The molecule has 0 aromatic carbocycles. The van der Waals surface area contributed by atoms with Gasteiger partial charge in [0.25, 0.3) is 0 Å². The minimum absolute atomic E-state index is 0.185. The third kappa shape index (κ3) is 19.5. The maximum absolute atomic E-state index is 9.97. The molecule has 4 heteroatoms. The Kier molecular flexibility index (Phi) is 23.7. The molecule has 0 aromatic heterocycles. The summed E-state index contributed by atoms with van der Waals surface area (Å²) in [5.41, 5.74) is 0. The Morgan fingerprint density at radius 1 is 0.548 bits per heavy atom. The minimum atomic E-state index is -1.85. The molecule has 1 atom stereocenters. The van der Waals surface area contributed by atoms with Crippen LogP contribution in [0.15, 0.2) is 0 Å². The van der Waals surface area contributed by atoms with Gasteiger partial charge in [0.2, 0.25) is 0 Å². The van der Waals surface area contributed by atoms with Gasteiger partial charge in [-0.1, -0.05) is 0 Å². The number of hydrogen-bond donors (Lipinski definition) is 2.